The van der Waals surface area contributed by atoms with E-state index in [1.807, 2.05) is 12.1 Å². The fraction of sp³-hybridized carbons (Fsp3) is 0. The molecule has 95 valence electrons. The highest BCUT2D eigenvalue weighted by atomic mass is 32.2. The van der Waals surface area contributed by atoms with E-state index in [1.54, 1.807) is 30.3 Å². The molecule has 0 saturated carbocycles. The standard InChI is InChI=1S/C13H9N2O2S2/c16-19(17,10-6-2-1-3-7-10)13-11-8-4-5-9-12(11)18-15-14-13/h1-6,8-9,15H. The highest BCUT2D eigenvalue weighted by Crippen LogP contribution is 2.28. The minimum Gasteiger partial charge on any atom is -0.246 e. The maximum absolute atomic E-state index is 12.5. The van der Waals surface area contributed by atoms with Crippen LogP contribution in [-0.2, 0) is 9.84 Å². The van der Waals surface area contributed by atoms with Crippen LogP contribution in [0.4, 0.5) is 0 Å². The summed E-state index contributed by atoms with van der Waals surface area (Å²) in [5.41, 5.74) is 0.614. The van der Waals surface area contributed by atoms with E-state index in [9.17, 15) is 8.42 Å². The molecule has 1 aliphatic rings. The highest BCUT2D eigenvalue weighted by Gasteiger charge is 2.28. The summed E-state index contributed by atoms with van der Waals surface area (Å²) in [6, 6.07) is 16.5. The van der Waals surface area contributed by atoms with Crippen molar-refractivity contribution in [2.24, 2.45) is 5.10 Å². The van der Waals surface area contributed by atoms with Crippen LogP contribution in [0.25, 0.3) is 0 Å². The van der Waals surface area contributed by atoms with Gasteiger partial charge in [-0.15, -0.1) is 0 Å². The summed E-state index contributed by atoms with van der Waals surface area (Å²) >= 11 is 1.29. The van der Waals surface area contributed by atoms with Crippen molar-refractivity contribution in [1.82, 2.24) is 4.83 Å². The molecule has 0 fully saturated rings. The molecule has 6 heteroatoms. The molecule has 19 heavy (non-hydrogen) atoms. The number of nitrogens with one attached hydrogen (secondary N) is 1. The molecule has 0 aromatic heterocycles. The van der Waals surface area contributed by atoms with Gasteiger partial charge in [-0.1, -0.05) is 36.4 Å². The second-order valence-electron chi connectivity index (χ2n) is 3.84. The van der Waals surface area contributed by atoms with Crippen LogP contribution in [0.1, 0.15) is 5.56 Å². The molecule has 0 spiro atoms. The summed E-state index contributed by atoms with van der Waals surface area (Å²) < 4.78 is 25.1. The Morgan fingerprint density at radius 3 is 2.68 bits per heavy atom. The number of hydrazone groups is 1. The van der Waals surface area contributed by atoms with Gasteiger partial charge >= 0.3 is 0 Å². The molecule has 1 radical (unpaired) electrons. The first kappa shape index (κ1) is 12.3. The van der Waals surface area contributed by atoms with E-state index >= 15 is 0 Å². The van der Waals surface area contributed by atoms with E-state index in [-0.39, 0.29) is 9.94 Å². The second kappa shape index (κ2) is 4.71. The monoisotopic (exact) mass is 289 g/mol. The fourth-order valence-electron chi connectivity index (χ4n) is 1.76. The number of hydrogen-bond donors (Lipinski definition) is 1. The molecule has 0 atom stereocenters. The largest absolute Gasteiger partial charge is 0.246 e. The van der Waals surface area contributed by atoms with Crippen LogP contribution in [0.2, 0.25) is 0 Å². The van der Waals surface area contributed by atoms with Gasteiger partial charge < -0.3 is 0 Å². The number of hydrogen-bond acceptors (Lipinski definition) is 5. The van der Waals surface area contributed by atoms with E-state index in [2.05, 4.69) is 16.0 Å². The molecule has 1 aliphatic heterocycles. The maximum atomic E-state index is 12.5. The van der Waals surface area contributed by atoms with Gasteiger partial charge in [0.2, 0.25) is 9.84 Å². The maximum Gasteiger partial charge on any atom is 0.226 e. The summed E-state index contributed by atoms with van der Waals surface area (Å²) in [5, 5.41) is 3.97. The van der Waals surface area contributed by atoms with E-state index in [0.717, 1.165) is 4.90 Å². The summed E-state index contributed by atoms with van der Waals surface area (Å²) in [5.74, 6) is 0. The smallest absolute Gasteiger partial charge is 0.226 e. The second-order valence-corrected chi connectivity index (χ2v) is 6.50. The first-order valence-corrected chi connectivity index (χ1v) is 7.80. The number of nitrogens with zero attached hydrogens (tertiary/aromatic N) is 1. The van der Waals surface area contributed by atoms with Gasteiger partial charge in [0.05, 0.1) is 4.90 Å². The predicted molar refractivity (Wildman–Crippen MR) is 74.4 cm³/mol. The molecule has 0 bridgehead atoms. The summed E-state index contributed by atoms with van der Waals surface area (Å²) in [4.78, 5) is 3.64. The topological polar surface area (TPSA) is 58.5 Å². The predicted octanol–water partition coefficient (Wildman–Crippen LogP) is 2.23. The zero-order valence-corrected chi connectivity index (χ0v) is 11.3. The molecule has 0 amide bonds. The van der Waals surface area contributed by atoms with Crippen LogP contribution in [-0.4, -0.2) is 13.5 Å². The van der Waals surface area contributed by atoms with Crippen molar-refractivity contribution >= 4 is 26.8 Å². The van der Waals surface area contributed by atoms with Crippen molar-refractivity contribution in [3.8, 4) is 0 Å². The van der Waals surface area contributed by atoms with Crippen molar-refractivity contribution in [3.63, 3.8) is 0 Å². The quantitative estimate of drug-likeness (QED) is 0.818. The number of benzene rings is 2. The lowest BCUT2D eigenvalue weighted by Gasteiger charge is -2.16. The Hall–Kier alpha value is -1.79. The molecular weight excluding hydrogens is 280 g/mol. The molecule has 3 rings (SSSR count). The Balaban J connectivity index is 2.16. The fourth-order valence-corrected chi connectivity index (χ4v) is 3.86. The minimum atomic E-state index is -3.66. The van der Waals surface area contributed by atoms with Gasteiger partial charge in [-0.05, 0) is 12.1 Å². The molecule has 4 nitrogen and oxygen atoms in total. The van der Waals surface area contributed by atoms with Gasteiger partial charge in [-0.25, -0.2) is 13.2 Å². The van der Waals surface area contributed by atoms with Crippen molar-refractivity contribution in [3.05, 3.63) is 60.2 Å². The van der Waals surface area contributed by atoms with Gasteiger partial charge in [0, 0.05) is 28.5 Å². The first-order valence-electron chi connectivity index (χ1n) is 5.50. The zero-order chi connectivity index (χ0) is 13.3. The normalized spacial score (nSPS) is 14.2. The third-order valence-electron chi connectivity index (χ3n) is 2.64. The zero-order valence-electron chi connectivity index (χ0n) is 9.70. The highest BCUT2D eigenvalue weighted by molar-refractivity contribution is 8.07. The molecule has 2 aromatic rings. The number of rotatable bonds is 1. The van der Waals surface area contributed by atoms with Crippen molar-refractivity contribution in [2.75, 3.05) is 0 Å². The van der Waals surface area contributed by atoms with E-state index in [1.165, 1.54) is 18.0 Å². The summed E-state index contributed by atoms with van der Waals surface area (Å²) in [6.45, 7) is 0. The van der Waals surface area contributed by atoms with E-state index in [4.69, 9.17) is 0 Å². The van der Waals surface area contributed by atoms with Crippen molar-refractivity contribution in [2.45, 2.75) is 9.79 Å². The summed E-state index contributed by atoms with van der Waals surface area (Å²) in [6.07, 6.45) is 0. The minimum absolute atomic E-state index is 0.0318. The molecule has 0 aliphatic carbocycles. The lowest BCUT2D eigenvalue weighted by molar-refractivity contribution is 0.606. The molecule has 1 heterocycles. The van der Waals surface area contributed by atoms with Gasteiger partial charge in [-0.2, -0.15) is 5.10 Å². The molecule has 0 unspecified atom stereocenters. The SMILES string of the molecule is O=S(=O)(C1=NNSc2ccccc21)c1[c]cccc1. The molecular formula is C13H9N2O2S2. The molecule has 1 N–H and O–H groups in total. The third-order valence-corrected chi connectivity index (χ3v) is 5.06. The number of sulfone groups is 1. The Morgan fingerprint density at radius 1 is 1.11 bits per heavy atom. The molecule has 0 saturated heterocycles. The third kappa shape index (κ3) is 2.13. The Morgan fingerprint density at radius 2 is 1.89 bits per heavy atom. The van der Waals surface area contributed by atoms with Crippen molar-refractivity contribution < 1.29 is 8.42 Å². The molecule has 2 aromatic carbocycles. The average molecular weight is 289 g/mol. The Labute approximate surface area is 115 Å². The van der Waals surface area contributed by atoms with Gasteiger partial charge in [0.25, 0.3) is 0 Å². The Bertz CT molecular complexity index is 740. The lowest BCUT2D eigenvalue weighted by Crippen LogP contribution is -2.22. The van der Waals surface area contributed by atoms with E-state index < -0.39 is 9.84 Å². The van der Waals surface area contributed by atoms with Crippen LogP contribution in [0.15, 0.2) is 63.4 Å². The van der Waals surface area contributed by atoms with Crippen molar-refractivity contribution in [1.29, 1.82) is 0 Å². The lowest BCUT2D eigenvalue weighted by atomic mass is 10.2. The Kier molecular flexibility index (Phi) is 3.04. The van der Waals surface area contributed by atoms with E-state index in [0.29, 0.717) is 5.56 Å². The van der Waals surface area contributed by atoms with Gasteiger partial charge in [0.1, 0.15) is 0 Å². The summed E-state index contributed by atoms with van der Waals surface area (Å²) in [7, 11) is -3.66. The van der Waals surface area contributed by atoms with Crippen LogP contribution >= 0.6 is 11.9 Å². The van der Waals surface area contributed by atoms with Crippen LogP contribution in [0, 0.1) is 6.07 Å². The van der Waals surface area contributed by atoms with Crippen LogP contribution < -0.4 is 4.83 Å². The first-order chi connectivity index (χ1) is 9.19. The van der Waals surface area contributed by atoms with Crippen LogP contribution in [0.3, 0.4) is 0 Å². The average Bonchev–Trinajstić information content (AvgIpc) is 2.47. The van der Waals surface area contributed by atoms with Gasteiger partial charge in [0.15, 0.2) is 5.04 Å². The van der Waals surface area contributed by atoms with Crippen LogP contribution in [0.5, 0.6) is 0 Å². The van der Waals surface area contributed by atoms with Gasteiger partial charge in [-0.3, -0.25) is 0 Å². The number of fused-ring (bicyclic) bond motifs is 1.